The van der Waals surface area contributed by atoms with Crippen molar-refractivity contribution in [3.8, 4) is 17.6 Å². The molecule has 9 heteroatoms. The van der Waals surface area contributed by atoms with Gasteiger partial charge in [0.1, 0.15) is 17.3 Å². The number of nitrogens with zero attached hydrogens (tertiary/aromatic N) is 2. The molecule has 0 saturated heterocycles. The van der Waals surface area contributed by atoms with Gasteiger partial charge >= 0.3 is 6.61 Å². The Labute approximate surface area is 160 Å². The second-order valence-electron chi connectivity index (χ2n) is 5.55. The van der Waals surface area contributed by atoms with Crippen LogP contribution in [0.15, 0.2) is 41.4 Å². The molecule has 0 saturated carbocycles. The summed E-state index contributed by atoms with van der Waals surface area (Å²) in [4.78, 5) is 4.01. The average molecular weight is 392 g/mol. The van der Waals surface area contributed by atoms with Crippen molar-refractivity contribution in [1.82, 2.24) is 10.6 Å². The molecule has 2 aromatic rings. The Kier molecular flexibility index (Phi) is 7.51. The molecular formula is C19H19F3N4O2. The van der Waals surface area contributed by atoms with Gasteiger partial charge in [-0.15, -0.1) is 0 Å². The van der Waals surface area contributed by atoms with Crippen molar-refractivity contribution in [3.63, 3.8) is 0 Å². The van der Waals surface area contributed by atoms with Crippen LogP contribution in [0, 0.1) is 17.1 Å². The van der Waals surface area contributed by atoms with Crippen LogP contribution in [-0.2, 0) is 13.1 Å². The minimum Gasteiger partial charge on any atom is -0.497 e. The fraction of sp³-hybridized carbons (Fsp3) is 0.263. The summed E-state index contributed by atoms with van der Waals surface area (Å²) in [5.74, 6) is 0.315. The smallest absolute Gasteiger partial charge is 0.387 e. The van der Waals surface area contributed by atoms with Crippen molar-refractivity contribution in [2.75, 3.05) is 14.2 Å². The van der Waals surface area contributed by atoms with Crippen LogP contribution in [0.1, 0.15) is 16.7 Å². The molecule has 148 valence electrons. The minimum absolute atomic E-state index is 0.0110. The van der Waals surface area contributed by atoms with Gasteiger partial charge in [0.05, 0.1) is 18.7 Å². The molecular weight excluding hydrogens is 373 g/mol. The molecule has 0 atom stereocenters. The van der Waals surface area contributed by atoms with Crippen molar-refractivity contribution in [3.05, 3.63) is 58.9 Å². The Hall–Kier alpha value is -3.41. The van der Waals surface area contributed by atoms with Crippen molar-refractivity contribution < 1.29 is 22.6 Å². The first kappa shape index (κ1) is 20.9. The van der Waals surface area contributed by atoms with Crippen molar-refractivity contribution >= 4 is 5.96 Å². The van der Waals surface area contributed by atoms with Gasteiger partial charge in [0.15, 0.2) is 5.96 Å². The highest BCUT2D eigenvalue weighted by Crippen LogP contribution is 2.25. The van der Waals surface area contributed by atoms with E-state index in [0.717, 1.165) is 6.07 Å². The maximum Gasteiger partial charge on any atom is 0.387 e. The van der Waals surface area contributed by atoms with E-state index in [1.54, 1.807) is 6.07 Å². The number of guanidine groups is 1. The zero-order valence-electron chi connectivity index (χ0n) is 15.3. The van der Waals surface area contributed by atoms with Crippen molar-refractivity contribution in [2.24, 2.45) is 4.99 Å². The molecule has 2 aromatic carbocycles. The summed E-state index contributed by atoms with van der Waals surface area (Å²) in [7, 11) is 2.99. The Bertz CT molecular complexity index is 882. The third kappa shape index (κ3) is 5.81. The summed E-state index contributed by atoms with van der Waals surface area (Å²) >= 11 is 0. The molecule has 0 aliphatic heterocycles. The second-order valence-corrected chi connectivity index (χ2v) is 5.55. The number of aliphatic imine (C=N–C) groups is 1. The standard InChI is InChI=1S/C19H19F3N4O2/c1-24-19(25-10-13-4-3-12(9-23)7-16(13)20)26-11-14-8-15(27-2)5-6-17(14)28-18(21)22/h3-8,18H,10-11H2,1-2H3,(H2,24,25,26). The lowest BCUT2D eigenvalue weighted by Crippen LogP contribution is -2.36. The molecule has 6 nitrogen and oxygen atoms in total. The highest BCUT2D eigenvalue weighted by molar-refractivity contribution is 5.79. The third-order valence-corrected chi connectivity index (χ3v) is 3.78. The average Bonchev–Trinajstić information content (AvgIpc) is 2.69. The molecule has 0 fully saturated rings. The highest BCUT2D eigenvalue weighted by atomic mass is 19.3. The maximum absolute atomic E-state index is 13.9. The molecule has 0 unspecified atom stereocenters. The first-order valence-electron chi connectivity index (χ1n) is 8.21. The number of hydrogen-bond acceptors (Lipinski definition) is 4. The lowest BCUT2D eigenvalue weighted by molar-refractivity contribution is -0.0504. The van der Waals surface area contributed by atoms with Gasteiger partial charge in [-0.1, -0.05) is 6.07 Å². The van der Waals surface area contributed by atoms with E-state index in [-0.39, 0.29) is 24.4 Å². The Balaban J connectivity index is 2.03. The van der Waals surface area contributed by atoms with Gasteiger partial charge in [0.2, 0.25) is 0 Å². The number of nitrogens with one attached hydrogen (secondary N) is 2. The largest absolute Gasteiger partial charge is 0.497 e. The lowest BCUT2D eigenvalue weighted by atomic mass is 10.1. The summed E-state index contributed by atoms with van der Waals surface area (Å²) < 4.78 is 48.7. The Morgan fingerprint density at radius 3 is 2.43 bits per heavy atom. The zero-order chi connectivity index (χ0) is 20.5. The number of nitriles is 1. The van der Waals surface area contributed by atoms with Gasteiger partial charge < -0.3 is 20.1 Å². The molecule has 0 heterocycles. The fourth-order valence-electron chi connectivity index (χ4n) is 2.37. The minimum atomic E-state index is -2.95. The van der Waals surface area contributed by atoms with E-state index < -0.39 is 12.4 Å². The van der Waals surface area contributed by atoms with Gasteiger partial charge in [-0.25, -0.2) is 4.39 Å². The lowest BCUT2D eigenvalue weighted by Gasteiger charge is -2.15. The van der Waals surface area contributed by atoms with Gasteiger partial charge in [-0.2, -0.15) is 14.0 Å². The van der Waals surface area contributed by atoms with Crippen LogP contribution in [-0.4, -0.2) is 26.7 Å². The van der Waals surface area contributed by atoms with Gasteiger partial charge in [-0.3, -0.25) is 4.99 Å². The molecule has 0 amide bonds. The first-order valence-corrected chi connectivity index (χ1v) is 8.21. The summed E-state index contributed by atoms with van der Waals surface area (Å²) in [5, 5.41) is 14.6. The second kappa shape index (κ2) is 10.1. The van der Waals surface area contributed by atoms with E-state index >= 15 is 0 Å². The van der Waals surface area contributed by atoms with E-state index in [2.05, 4.69) is 20.4 Å². The Morgan fingerprint density at radius 1 is 1.14 bits per heavy atom. The molecule has 0 aliphatic rings. The SMILES string of the molecule is CN=C(NCc1ccc(C#N)cc1F)NCc1cc(OC)ccc1OC(F)F. The molecule has 28 heavy (non-hydrogen) atoms. The number of rotatable bonds is 7. The number of benzene rings is 2. The molecule has 2 rings (SSSR count). The number of alkyl halides is 2. The summed E-state index contributed by atoms with van der Waals surface area (Å²) in [6.07, 6.45) is 0. The third-order valence-electron chi connectivity index (χ3n) is 3.78. The highest BCUT2D eigenvalue weighted by Gasteiger charge is 2.12. The monoisotopic (exact) mass is 392 g/mol. The van der Waals surface area contributed by atoms with E-state index in [0.29, 0.717) is 22.8 Å². The summed E-state index contributed by atoms with van der Waals surface area (Å²) in [5.41, 5.74) is 1.02. The normalized spacial score (nSPS) is 11.1. The maximum atomic E-state index is 13.9. The van der Waals surface area contributed by atoms with Gasteiger partial charge in [-0.05, 0) is 30.3 Å². The van der Waals surface area contributed by atoms with Crippen molar-refractivity contribution in [2.45, 2.75) is 19.7 Å². The van der Waals surface area contributed by atoms with Crippen LogP contribution < -0.4 is 20.1 Å². The first-order chi connectivity index (χ1) is 13.5. The molecule has 0 radical (unpaired) electrons. The number of hydrogen-bond donors (Lipinski definition) is 2. The fourth-order valence-corrected chi connectivity index (χ4v) is 2.37. The topological polar surface area (TPSA) is 78.7 Å². The Morgan fingerprint density at radius 2 is 1.86 bits per heavy atom. The van der Waals surface area contributed by atoms with Crippen LogP contribution in [0.3, 0.4) is 0 Å². The van der Waals surface area contributed by atoms with Gasteiger partial charge in [0, 0.05) is 31.3 Å². The van der Waals surface area contributed by atoms with Crippen LogP contribution >= 0.6 is 0 Å². The van der Waals surface area contributed by atoms with E-state index in [9.17, 15) is 13.2 Å². The van der Waals surface area contributed by atoms with Gasteiger partial charge in [0.25, 0.3) is 0 Å². The van der Waals surface area contributed by atoms with E-state index in [4.69, 9.17) is 10.00 Å². The van der Waals surface area contributed by atoms with Crippen LogP contribution in [0.25, 0.3) is 0 Å². The number of methoxy groups -OCH3 is 1. The van der Waals surface area contributed by atoms with Crippen LogP contribution in [0.4, 0.5) is 13.2 Å². The summed E-state index contributed by atoms with van der Waals surface area (Å²) in [6.45, 7) is -2.71. The van der Waals surface area contributed by atoms with Crippen LogP contribution in [0.2, 0.25) is 0 Å². The number of ether oxygens (including phenoxy) is 2. The molecule has 0 aliphatic carbocycles. The van der Waals surface area contributed by atoms with Crippen LogP contribution in [0.5, 0.6) is 11.5 Å². The quantitative estimate of drug-likeness (QED) is 0.559. The zero-order valence-corrected chi connectivity index (χ0v) is 15.3. The summed E-state index contributed by atoms with van der Waals surface area (Å²) in [6, 6.07) is 10.5. The molecule has 0 aromatic heterocycles. The molecule has 0 spiro atoms. The molecule has 0 bridgehead atoms. The number of halogens is 3. The van der Waals surface area contributed by atoms with Crippen molar-refractivity contribution in [1.29, 1.82) is 5.26 Å². The van der Waals surface area contributed by atoms with E-state index in [1.807, 2.05) is 6.07 Å². The predicted octanol–water partition coefficient (Wildman–Crippen LogP) is 3.17. The van der Waals surface area contributed by atoms with E-state index in [1.165, 1.54) is 38.4 Å². The molecule has 2 N–H and O–H groups in total. The predicted molar refractivity (Wildman–Crippen MR) is 97.8 cm³/mol.